The smallest absolute Gasteiger partial charge is 0.376 e. The summed E-state index contributed by atoms with van der Waals surface area (Å²) in [6.07, 6.45) is 4.46. The first-order valence-corrected chi connectivity index (χ1v) is 16.6. The minimum atomic E-state index is -0.761. The van der Waals surface area contributed by atoms with Crippen molar-refractivity contribution < 1.29 is 23.3 Å². The summed E-state index contributed by atoms with van der Waals surface area (Å²) in [7, 11) is -0.682. The highest BCUT2D eigenvalue weighted by Gasteiger charge is 2.30. The molecule has 1 atom stereocenters. The number of nitrogens with one attached hydrogen (secondary N) is 1. The van der Waals surface area contributed by atoms with Crippen LogP contribution < -0.4 is 14.9 Å². The highest BCUT2D eigenvalue weighted by molar-refractivity contribution is 7.23. The lowest BCUT2D eigenvalue weighted by molar-refractivity contribution is 0.176. The molecule has 2 aromatic heterocycles. The Labute approximate surface area is 281 Å². The van der Waals surface area contributed by atoms with E-state index in [9.17, 15) is 15.1 Å². The number of likely N-dealkylation sites (tertiary alicyclic amines) is 1. The summed E-state index contributed by atoms with van der Waals surface area (Å²) in [5.41, 5.74) is 0.239. The van der Waals surface area contributed by atoms with Crippen molar-refractivity contribution in [1.29, 1.82) is 5.26 Å². The first-order chi connectivity index (χ1) is 22.7. The van der Waals surface area contributed by atoms with E-state index in [0.29, 0.717) is 55.2 Å². The molecule has 2 aromatic carbocycles. The predicted octanol–water partition coefficient (Wildman–Crippen LogP) is 4.53. The highest BCUT2D eigenvalue weighted by Crippen LogP contribution is 2.46. The molecule has 2 saturated heterocycles. The van der Waals surface area contributed by atoms with Gasteiger partial charge in [0.25, 0.3) is 0 Å². The van der Waals surface area contributed by atoms with Crippen molar-refractivity contribution in [2.75, 3.05) is 56.0 Å². The van der Waals surface area contributed by atoms with E-state index in [1.807, 2.05) is 15.8 Å². The monoisotopic (exact) mass is 677 g/mol. The first-order valence-electron chi connectivity index (χ1n) is 15.4. The van der Waals surface area contributed by atoms with Gasteiger partial charge in [0.05, 0.1) is 20.3 Å². The first kappa shape index (κ1) is 33.1. The summed E-state index contributed by atoms with van der Waals surface area (Å²) >= 11 is 7.81. The largest absolute Gasteiger partial charge is 0.462 e. The maximum absolute atomic E-state index is 16.9. The summed E-state index contributed by atoms with van der Waals surface area (Å²) < 4.78 is 38.3. The zero-order chi connectivity index (χ0) is 33.2. The minimum absolute atomic E-state index is 0.0148. The third-order valence-corrected chi connectivity index (χ3v) is 10.2. The molecule has 0 aliphatic carbocycles. The van der Waals surface area contributed by atoms with Crippen LogP contribution in [0.25, 0.3) is 32.1 Å². The summed E-state index contributed by atoms with van der Waals surface area (Å²) in [5, 5.41) is 23.9. The molecule has 0 amide bonds. The number of fused-ring (bicyclic) bond motifs is 2. The predicted molar refractivity (Wildman–Crippen MR) is 185 cm³/mol. The molecular weight excluding hydrogens is 646 g/mol. The van der Waals surface area contributed by atoms with E-state index < -0.39 is 18.7 Å². The standard InChI is InChI=1S/C31H32B2ClF2N7O3S/c1-3-8-41-9-4-5-18(41)16-46-31-38-27-20(29(39-31)42-10-12-43(13-11-42)33(2)45)14-22(34)25(26(27)36)19-6-7-23(35)28-24(19)21(15-37)30(47-28)40-32-17-44/h3,6-7,14,17-18,32,40,45H,1,4-5,8-13,16H2,2H3/t18-/m0/s1. The molecule has 2 aliphatic heterocycles. The number of anilines is 2. The number of aromatic nitrogens is 2. The van der Waals surface area contributed by atoms with Crippen molar-refractivity contribution in [1.82, 2.24) is 19.7 Å². The summed E-state index contributed by atoms with van der Waals surface area (Å²) in [5.74, 6) is -0.895. The molecule has 0 saturated carbocycles. The molecule has 10 nitrogen and oxygen atoms in total. The lowest BCUT2D eigenvalue weighted by Gasteiger charge is -2.36. The number of hydrogen-bond donors (Lipinski definition) is 2. The van der Waals surface area contributed by atoms with Crippen molar-refractivity contribution in [3.63, 3.8) is 0 Å². The number of nitrogens with zero attached hydrogens (tertiary/aromatic N) is 6. The van der Waals surface area contributed by atoms with Gasteiger partial charge < -0.3 is 29.5 Å². The number of rotatable bonds is 11. The second-order valence-corrected chi connectivity index (χ2v) is 13.0. The summed E-state index contributed by atoms with van der Waals surface area (Å²) in [6, 6.07) is 6.43. The van der Waals surface area contributed by atoms with E-state index in [-0.39, 0.29) is 56.8 Å². The summed E-state index contributed by atoms with van der Waals surface area (Å²) in [4.78, 5) is 26.5. The lowest BCUT2D eigenvalue weighted by Crippen LogP contribution is -2.51. The second-order valence-electron chi connectivity index (χ2n) is 11.6. The Balaban J connectivity index is 1.49. The topological polar surface area (TPSA) is 118 Å². The zero-order valence-electron chi connectivity index (χ0n) is 25.8. The van der Waals surface area contributed by atoms with Crippen molar-refractivity contribution in [3.8, 4) is 23.2 Å². The van der Waals surface area contributed by atoms with Gasteiger partial charge in [-0.3, -0.25) is 4.90 Å². The van der Waals surface area contributed by atoms with Crippen molar-refractivity contribution >= 4 is 75.4 Å². The number of benzene rings is 2. The van der Waals surface area contributed by atoms with E-state index in [0.717, 1.165) is 37.3 Å². The number of halogens is 3. The van der Waals surface area contributed by atoms with E-state index in [1.165, 1.54) is 12.1 Å². The zero-order valence-corrected chi connectivity index (χ0v) is 27.4. The second kappa shape index (κ2) is 14.1. The molecule has 242 valence electrons. The number of ether oxygens (including phenoxy) is 1. The van der Waals surface area contributed by atoms with Crippen LogP contribution in [-0.2, 0) is 4.79 Å². The average molecular weight is 678 g/mol. The van der Waals surface area contributed by atoms with Crippen LogP contribution in [0, 0.1) is 23.0 Å². The van der Waals surface area contributed by atoms with E-state index >= 15 is 8.78 Å². The minimum Gasteiger partial charge on any atom is -0.462 e. The van der Waals surface area contributed by atoms with Gasteiger partial charge >= 0.3 is 20.5 Å². The van der Waals surface area contributed by atoms with Crippen LogP contribution in [0.3, 0.4) is 0 Å². The van der Waals surface area contributed by atoms with Gasteiger partial charge in [-0.25, -0.2) is 8.78 Å². The van der Waals surface area contributed by atoms with Gasteiger partial charge in [0.1, 0.15) is 36.0 Å². The Morgan fingerprint density at radius 2 is 2.09 bits per heavy atom. The van der Waals surface area contributed by atoms with E-state index in [1.54, 1.807) is 12.9 Å². The van der Waals surface area contributed by atoms with Gasteiger partial charge in [-0.1, -0.05) is 23.7 Å². The van der Waals surface area contributed by atoms with Crippen LogP contribution in [0.15, 0.2) is 30.9 Å². The Hall–Kier alpha value is -3.80. The Morgan fingerprint density at radius 1 is 1.30 bits per heavy atom. The van der Waals surface area contributed by atoms with Crippen LogP contribution in [0.1, 0.15) is 18.4 Å². The molecule has 4 heterocycles. The number of thiophene rings is 1. The molecule has 47 heavy (non-hydrogen) atoms. The lowest BCUT2D eigenvalue weighted by atomic mass is 9.84. The van der Waals surface area contributed by atoms with E-state index in [4.69, 9.17) is 21.3 Å². The van der Waals surface area contributed by atoms with Crippen molar-refractivity contribution in [2.45, 2.75) is 25.7 Å². The van der Waals surface area contributed by atoms with Gasteiger partial charge in [0.15, 0.2) is 5.82 Å². The van der Waals surface area contributed by atoms with Gasteiger partial charge in [0, 0.05) is 55.1 Å². The molecule has 0 spiro atoms. The summed E-state index contributed by atoms with van der Waals surface area (Å²) in [6.45, 7) is 9.70. The maximum atomic E-state index is 16.9. The molecule has 4 aromatic rings. The van der Waals surface area contributed by atoms with Gasteiger partial charge in [-0.15, -0.1) is 17.9 Å². The number of carbonyl (C=O) groups excluding carboxylic acids is 1. The van der Waals surface area contributed by atoms with Gasteiger partial charge in [-0.05, 0) is 43.9 Å². The fourth-order valence-corrected chi connectivity index (χ4v) is 7.81. The molecule has 16 heteroatoms. The average Bonchev–Trinajstić information content (AvgIpc) is 3.68. The highest BCUT2D eigenvalue weighted by atomic mass is 35.5. The Bertz CT molecular complexity index is 1880. The number of carbonyl (C=O) groups is 1. The van der Waals surface area contributed by atoms with Crippen LogP contribution in [0.4, 0.5) is 19.6 Å². The Morgan fingerprint density at radius 3 is 2.79 bits per heavy atom. The molecule has 2 aliphatic rings. The fourth-order valence-electron chi connectivity index (χ4n) is 6.43. The quantitative estimate of drug-likeness (QED) is 0.133. The molecular formula is C31H32B2ClF2N7O3S. The number of hydrogen-bond acceptors (Lipinski definition) is 11. The van der Waals surface area contributed by atoms with Gasteiger partial charge in [-0.2, -0.15) is 15.2 Å². The van der Waals surface area contributed by atoms with Gasteiger partial charge in [0.2, 0.25) is 0 Å². The van der Waals surface area contributed by atoms with E-state index in [2.05, 4.69) is 27.8 Å². The normalized spacial score (nSPS) is 17.2. The molecule has 0 unspecified atom stereocenters. The SMILES string of the molecule is C=CCN1CCC[C@H]1COc1nc(N2CCN(B(C)O)CC2)c2cc(Cl)c(-c3ccc(F)c4sc(NBC=O)c(C#N)c34)c(F)c2n1. The molecule has 6 rings (SSSR count). The van der Waals surface area contributed by atoms with Crippen molar-refractivity contribution in [2.24, 2.45) is 0 Å². The molecule has 2 fully saturated rings. The fraction of sp³-hybridized carbons (Fsp3) is 0.355. The number of nitriles is 1. The van der Waals surface area contributed by atoms with Crippen LogP contribution in [0.5, 0.6) is 6.01 Å². The molecule has 2 N–H and O–H groups in total. The Kier molecular flexibility index (Phi) is 9.96. The molecule has 0 bridgehead atoms. The van der Waals surface area contributed by atoms with Crippen LogP contribution in [0.2, 0.25) is 11.8 Å². The third-order valence-electron chi connectivity index (χ3n) is 8.77. The number of piperazine rings is 1. The maximum Gasteiger partial charge on any atom is 0.376 e. The van der Waals surface area contributed by atoms with Crippen LogP contribution >= 0.6 is 22.9 Å². The molecule has 0 radical (unpaired) electrons. The van der Waals surface area contributed by atoms with Crippen LogP contribution in [-0.4, -0.2) is 97.3 Å². The third kappa shape index (κ3) is 6.40. The van der Waals surface area contributed by atoms with Crippen molar-refractivity contribution in [3.05, 3.63) is 53.1 Å².